The number of fused-ring (bicyclic) bond motifs is 2. The van der Waals surface area contributed by atoms with Crippen LogP contribution in [0.2, 0.25) is 0 Å². The summed E-state index contributed by atoms with van der Waals surface area (Å²) in [6.07, 6.45) is 3.21. The molecule has 1 amide bonds. The van der Waals surface area contributed by atoms with Gasteiger partial charge in [-0.1, -0.05) is 24.3 Å². The molecule has 0 spiro atoms. The minimum atomic E-state index is -0.181. The monoisotopic (exact) mass is 403 g/mol. The lowest BCUT2D eigenvalue weighted by Gasteiger charge is -2.33. The zero-order valence-corrected chi connectivity index (χ0v) is 16.6. The van der Waals surface area contributed by atoms with Crippen LogP contribution in [0.4, 0.5) is 0 Å². The fourth-order valence-corrected chi connectivity index (χ4v) is 4.17. The highest BCUT2D eigenvalue weighted by atomic mass is 16.5. The van der Waals surface area contributed by atoms with Gasteiger partial charge in [-0.2, -0.15) is 0 Å². The predicted octanol–water partition coefficient (Wildman–Crippen LogP) is 3.63. The number of ether oxygens (including phenoxy) is 1. The first-order chi connectivity index (χ1) is 14.7. The first-order valence-electron chi connectivity index (χ1n) is 9.97. The van der Waals surface area contributed by atoms with Crippen LogP contribution in [-0.4, -0.2) is 40.6 Å². The summed E-state index contributed by atoms with van der Waals surface area (Å²) in [5.74, 6) is 0.691. The Morgan fingerprint density at radius 1 is 1.20 bits per heavy atom. The molecule has 0 aliphatic carbocycles. The summed E-state index contributed by atoms with van der Waals surface area (Å²) in [5, 5.41) is 1.41. The van der Waals surface area contributed by atoms with E-state index < -0.39 is 0 Å². The largest absolute Gasteiger partial charge is 0.493 e. The number of para-hydroxylation sites is 2. The van der Waals surface area contributed by atoms with Crippen LogP contribution in [-0.2, 0) is 0 Å². The van der Waals surface area contributed by atoms with E-state index in [9.17, 15) is 9.59 Å². The number of carbonyl (C=O) groups excluding carboxylic acids is 1. The molecule has 0 N–H and O–H groups in total. The van der Waals surface area contributed by atoms with Crippen molar-refractivity contribution in [3.8, 4) is 5.75 Å². The van der Waals surface area contributed by atoms with E-state index in [1.807, 2.05) is 30.3 Å². The summed E-state index contributed by atoms with van der Waals surface area (Å²) in [4.78, 5) is 32.3. The van der Waals surface area contributed by atoms with Crippen molar-refractivity contribution in [3.63, 3.8) is 0 Å². The van der Waals surface area contributed by atoms with E-state index >= 15 is 0 Å². The van der Waals surface area contributed by atoms with Gasteiger partial charge < -0.3 is 14.1 Å². The maximum atomic E-state index is 13.1. The highest BCUT2D eigenvalue weighted by Crippen LogP contribution is 2.30. The van der Waals surface area contributed by atoms with Crippen molar-refractivity contribution in [2.75, 3.05) is 20.2 Å². The Morgan fingerprint density at radius 2 is 2.07 bits per heavy atom. The number of amides is 1. The van der Waals surface area contributed by atoms with Crippen LogP contribution in [0.25, 0.3) is 21.9 Å². The zero-order valence-electron chi connectivity index (χ0n) is 16.6. The molecule has 1 fully saturated rings. The fourth-order valence-electron chi connectivity index (χ4n) is 4.17. The first kappa shape index (κ1) is 18.4. The predicted molar refractivity (Wildman–Crippen MR) is 113 cm³/mol. The van der Waals surface area contributed by atoms with Gasteiger partial charge in [-0.25, -0.2) is 4.98 Å². The Labute approximate surface area is 172 Å². The lowest BCUT2D eigenvalue weighted by atomic mass is 10.0. The van der Waals surface area contributed by atoms with Crippen LogP contribution in [0, 0.1) is 0 Å². The van der Waals surface area contributed by atoms with Gasteiger partial charge in [0.1, 0.15) is 0 Å². The molecule has 0 unspecified atom stereocenters. The second-order valence-electron chi connectivity index (χ2n) is 7.51. The van der Waals surface area contributed by atoms with Crippen LogP contribution >= 0.6 is 0 Å². The lowest BCUT2D eigenvalue weighted by molar-refractivity contribution is 0.0647. The van der Waals surface area contributed by atoms with Gasteiger partial charge in [-0.15, -0.1) is 0 Å². The zero-order chi connectivity index (χ0) is 20.7. The number of aromatic nitrogens is 2. The van der Waals surface area contributed by atoms with Gasteiger partial charge in [0.15, 0.2) is 17.1 Å². The molecule has 5 rings (SSSR count). The number of furan rings is 1. The van der Waals surface area contributed by atoms with Gasteiger partial charge in [0, 0.05) is 18.5 Å². The summed E-state index contributed by atoms with van der Waals surface area (Å²) in [6, 6.07) is 14.5. The van der Waals surface area contributed by atoms with E-state index in [1.165, 1.54) is 0 Å². The van der Waals surface area contributed by atoms with Gasteiger partial charge in [-0.05, 0) is 37.1 Å². The third kappa shape index (κ3) is 3.03. The standard InChI is InChI=1S/C23H21N3O4/c1-29-19-10-4-6-15-12-20(30-21(15)19)23(28)25-11-5-7-16(13-25)26-14-24-18-9-3-2-8-17(18)22(26)27/h2-4,6,8-10,12,14,16H,5,7,11,13H2,1H3/t16-/m1/s1. The number of carbonyl (C=O) groups is 1. The van der Waals surface area contributed by atoms with Crippen LogP contribution in [0.1, 0.15) is 29.4 Å². The minimum Gasteiger partial charge on any atom is -0.493 e. The number of piperidine rings is 1. The molecule has 1 atom stereocenters. The molecule has 7 heteroatoms. The van der Waals surface area contributed by atoms with Gasteiger partial charge in [-0.3, -0.25) is 14.2 Å². The number of nitrogens with zero attached hydrogens (tertiary/aromatic N) is 3. The van der Waals surface area contributed by atoms with E-state index in [2.05, 4.69) is 4.98 Å². The van der Waals surface area contributed by atoms with Crippen LogP contribution in [0.5, 0.6) is 5.75 Å². The number of benzene rings is 2. The van der Waals surface area contributed by atoms with Crippen molar-refractivity contribution < 1.29 is 13.9 Å². The second-order valence-corrected chi connectivity index (χ2v) is 7.51. The molecular formula is C23H21N3O4. The van der Waals surface area contributed by atoms with E-state index in [4.69, 9.17) is 9.15 Å². The van der Waals surface area contributed by atoms with E-state index in [0.717, 1.165) is 18.2 Å². The average Bonchev–Trinajstić information content (AvgIpc) is 3.23. The summed E-state index contributed by atoms with van der Waals surface area (Å²) < 4.78 is 12.8. The topological polar surface area (TPSA) is 77.6 Å². The Morgan fingerprint density at radius 3 is 2.93 bits per heavy atom. The Bertz CT molecular complexity index is 1310. The summed E-state index contributed by atoms with van der Waals surface area (Å²) in [5.41, 5.74) is 1.17. The van der Waals surface area contributed by atoms with Crippen LogP contribution < -0.4 is 10.3 Å². The highest BCUT2D eigenvalue weighted by Gasteiger charge is 2.28. The summed E-state index contributed by atoms with van der Waals surface area (Å²) in [7, 11) is 1.57. The third-order valence-corrected chi connectivity index (χ3v) is 5.71. The maximum absolute atomic E-state index is 13.1. The molecule has 1 aliphatic rings. The van der Waals surface area contributed by atoms with E-state index in [0.29, 0.717) is 35.3 Å². The molecule has 0 saturated carbocycles. The van der Waals surface area contributed by atoms with Crippen molar-refractivity contribution >= 4 is 27.8 Å². The molecule has 3 heterocycles. The highest BCUT2D eigenvalue weighted by molar-refractivity contribution is 5.97. The number of hydrogen-bond acceptors (Lipinski definition) is 5. The third-order valence-electron chi connectivity index (χ3n) is 5.71. The second kappa shape index (κ2) is 7.33. The van der Waals surface area contributed by atoms with Gasteiger partial charge in [0.2, 0.25) is 0 Å². The number of likely N-dealkylation sites (tertiary alicyclic amines) is 1. The molecular weight excluding hydrogens is 382 g/mol. The first-order valence-corrected chi connectivity index (χ1v) is 9.97. The van der Waals surface area contributed by atoms with Crippen molar-refractivity contribution in [2.24, 2.45) is 0 Å². The van der Waals surface area contributed by atoms with Crippen molar-refractivity contribution in [2.45, 2.75) is 18.9 Å². The molecule has 0 bridgehead atoms. The Kier molecular flexibility index (Phi) is 4.50. The average molecular weight is 403 g/mol. The molecule has 1 saturated heterocycles. The number of methoxy groups -OCH3 is 1. The normalized spacial score (nSPS) is 16.8. The Balaban J connectivity index is 1.44. The van der Waals surface area contributed by atoms with Crippen molar-refractivity contribution in [1.82, 2.24) is 14.5 Å². The molecule has 4 aromatic rings. The van der Waals surface area contributed by atoms with Crippen LogP contribution in [0.15, 0.2) is 64.1 Å². The minimum absolute atomic E-state index is 0.0756. The molecule has 1 aliphatic heterocycles. The summed E-state index contributed by atoms with van der Waals surface area (Å²) in [6.45, 7) is 1.06. The number of hydrogen-bond donors (Lipinski definition) is 0. The molecule has 7 nitrogen and oxygen atoms in total. The molecule has 0 radical (unpaired) electrons. The lowest BCUT2D eigenvalue weighted by Crippen LogP contribution is -2.42. The number of rotatable bonds is 3. The van der Waals surface area contributed by atoms with Gasteiger partial charge in [0.25, 0.3) is 11.5 Å². The van der Waals surface area contributed by atoms with Gasteiger partial charge in [0.05, 0.1) is 30.4 Å². The molecule has 30 heavy (non-hydrogen) atoms. The molecule has 152 valence electrons. The maximum Gasteiger partial charge on any atom is 0.289 e. The van der Waals surface area contributed by atoms with Gasteiger partial charge >= 0.3 is 0 Å². The SMILES string of the molecule is COc1cccc2cc(C(=O)N3CCC[C@@H](n4cnc5ccccc5c4=O)C3)oc12. The van der Waals surface area contributed by atoms with E-state index in [-0.39, 0.29) is 23.3 Å². The smallest absolute Gasteiger partial charge is 0.289 e. The van der Waals surface area contributed by atoms with Crippen LogP contribution in [0.3, 0.4) is 0 Å². The summed E-state index contributed by atoms with van der Waals surface area (Å²) >= 11 is 0. The Hall–Kier alpha value is -3.61. The van der Waals surface area contributed by atoms with Crippen molar-refractivity contribution in [3.05, 3.63) is 71.0 Å². The van der Waals surface area contributed by atoms with E-state index in [1.54, 1.807) is 41.1 Å². The quantitative estimate of drug-likeness (QED) is 0.522. The van der Waals surface area contributed by atoms with Crippen molar-refractivity contribution in [1.29, 1.82) is 0 Å². The molecule has 2 aromatic heterocycles. The fraction of sp³-hybridized carbons (Fsp3) is 0.261. The molecule has 2 aromatic carbocycles.